The highest BCUT2D eigenvalue weighted by atomic mass is 16.3. The first kappa shape index (κ1) is 13.3. The molecule has 1 aliphatic carbocycles. The van der Waals surface area contributed by atoms with E-state index in [2.05, 4.69) is 0 Å². The zero-order valence-corrected chi connectivity index (χ0v) is 11.6. The summed E-state index contributed by atoms with van der Waals surface area (Å²) in [6, 6.07) is 4.95. The summed E-state index contributed by atoms with van der Waals surface area (Å²) in [7, 11) is 0. The second-order valence-corrected chi connectivity index (χ2v) is 5.80. The molecule has 1 heterocycles. The molecule has 1 aromatic rings. The summed E-state index contributed by atoms with van der Waals surface area (Å²) in [6.45, 7) is 1.90. The Kier molecular flexibility index (Phi) is 3.34. The molecule has 4 heteroatoms. The van der Waals surface area contributed by atoms with E-state index in [1.807, 2.05) is 13.0 Å². The molecule has 4 nitrogen and oxygen atoms in total. The van der Waals surface area contributed by atoms with E-state index in [0.717, 1.165) is 24.8 Å². The number of hydrogen-bond acceptors (Lipinski definition) is 3. The largest absolute Gasteiger partial charge is 0.391 e. The number of rotatable bonds is 1. The van der Waals surface area contributed by atoms with Crippen LogP contribution in [0.2, 0.25) is 0 Å². The number of aliphatic hydroxyl groups excluding tert-OH is 1. The van der Waals surface area contributed by atoms with Crippen LogP contribution in [0.5, 0.6) is 0 Å². The normalized spacial score (nSPS) is 26.6. The summed E-state index contributed by atoms with van der Waals surface area (Å²) in [5.41, 5.74) is 1.91. The highest BCUT2D eigenvalue weighted by molar-refractivity contribution is 6.21. The predicted molar refractivity (Wildman–Crippen MR) is 74.6 cm³/mol. The van der Waals surface area contributed by atoms with Crippen molar-refractivity contribution in [2.45, 2.75) is 51.2 Å². The minimum absolute atomic E-state index is 0.250. The quantitative estimate of drug-likeness (QED) is 0.631. The molecule has 0 radical (unpaired) electrons. The Labute approximate surface area is 118 Å². The molecule has 1 aromatic carbocycles. The van der Waals surface area contributed by atoms with Gasteiger partial charge in [0.2, 0.25) is 0 Å². The first-order chi connectivity index (χ1) is 9.59. The minimum Gasteiger partial charge on any atom is -0.391 e. The second kappa shape index (κ2) is 5.02. The van der Waals surface area contributed by atoms with Crippen LogP contribution in [0.4, 0.5) is 0 Å². The van der Waals surface area contributed by atoms with Crippen molar-refractivity contribution in [2.75, 3.05) is 0 Å². The van der Waals surface area contributed by atoms with Crippen LogP contribution in [-0.4, -0.2) is 34.0 Å². The van der Waals surface area contributed by atoms with Gasteiger partial charge in [0.15, 0.2) is 0 Å². The second-order valence-electron chi connectivity index (χ2n) is 5.80. The Bertz CT molecular complexity index is 567. The highest BCUT2D eigenvalue weighted by Gasteiger charge is 2.42. The molecule has 0 spiro atoms. The van der Waals surface area contributed by atoms with Crippen molar-refractivity contribution < 1.29 is 14.7 Å². The van der Waals surface area contributed by atoms with Crippen LogP contribution >= 0.6 is 0 Å². The molecule has 2 amide bonds. The van der Waals surface area contributed by atoms with Gasteiger partial charge in [0.05, 0.1) is 23.3 Å². The third-order valence-corrected chi connectivity index (χ3v) is 4.35. The molecular formula is C16H19NO3. The third-order valence-electron chi connectivity index (χ3n) is 4.35. The van der Waals surface area contributed by atoms with E-state index in [1.54, 1.807) is 12.1 Å². The van der Waals surface area contributed by atoms with Gasteiger partial charge in [-0.3, -0.25) is 14.5 Å². The van der Waals surface area contributed by atoms with Crippen LogP contribution in [0.1, 0.15) is 58.4 Å². The lowest BCUT2D eigenvalue weighted by molar-refractivity contribution is 0.0321. The zero-order chi connectivity index (χ0) is 14.3. The summed E-state index contributed by atoms with van der Waals surface area (Å²) in [5.74, 6) is -0.504. The van der Waals surface area contributed by atoms with Gasteiger partial charge in [-0.15, -0.1) is 0 Å². The van der Waals surface area contributed by atoms with E-state index in [-0.39, 0.29) is 17.9 Å². The van der Waals surface area contributed by atoms with Crippen LogP contribution in [-0.2, 0) is 0 Å². The monoisotopic (exact) mass is 273 g/mol. The van der Waals surface area contributed by atoms with Crippen molar-refractivity contribution in [1.82, 2.24) is 4.90 Å². The fraction of sp³-hybridized carbons (Fsp3) is 0.500. The molecule has 0 aromatic heterocycles. The maximum atomic E-state index is 12.5. The number of benzene rings is 1. The van der Waals surface area contributed by atoms with Crippen LogP contribution in [0.3, 0.4) is 0 Å². The molecule has 0 saturated heterocycles. The molecule has 1 fully saturated rings. The van der Waals surface area contributed by atoms with E-state index < -0.39 is 6.10 Å². The molecule has 20 heavy (non-hydrogen) atoms. The first-order valence-electron chi connectivity index (χ1n) is 7.26. The van der Waals surface area contributed by atoms with Crippen molar-refractivity contribution in [3.63, 3.8) is 0 Å². The lowest BCUT2D eigenvalue weighted by atomic mass is 10.0. The van der Waals surface area contributed by atoms with Crippen molar-refractivity contribution in [3.05, 3.63) is 34.9 Å². The number of hydrogen-bond donors (Lipinski definition) is 1. The Morgan fingerprint density at radius 3 is 2.55 bits per heavy atom. The Morgan fingerprint density at radius 1 is 1.05 bits per heavy atom. The van der Waals surface area contributed by atoms with Crippen LogP contribution in [0.25, 0.3) is 0 Å². The lowest BCUT2D eigenvalue weighted by Gasteiger charge is -2.28. The Hall–Kier alpha value is -1.68. The Balaban J connectivity index is 1.96. The average Bonchev–Trinajstić information content (AvgIpc) is 2.57. The summed E-state index contributed by atoms with van der Waals surface area (Å²) < 4.78 is 0. The van der Waals surface area contributed by atoms with E-state index in [0.29, 0.717) is 24.0 Å². The number of carbonyl (C=O) groups excluding carboxylic acids is 2. The molecule has 3 rings (SSSR count). The van der Waals surface area contributed by atoms with E-state index >= 15 is 0 Å². The lowest BCUT2D eigenvalue weighted by Crippen LogP contribution is -2.46. The third kappa shape index (κ3) is 2.04. The number of imide groups is 1. The summed E-state index contributed by atoms with van der Waals surface area (Å²) >= 11 is 0. The van der Waals surface area contributed by atoms with Crippen LogP contribution in [0, 0.1) is 6.92 Å². The number of aryl methyl sites for hydroxylation is 1. The van der Waals surface area contributed by atoms with Gasteiger partial charge in [-0.25, -0.2) is 0 Å². The smallest absolute Gasteiger partial charge is 0.261 e. The predicted octanol–water partition coefficient (Wildman–Crippen LogP) is 2.28. The number of nitrogens with zero attached hydrogens (tertiary/aromatic N) is 1. The van der Waals surface area contributed by atoms with Crippen molar-refractivity contribution in [3.8, 4) is 0 Å². The van der Waals surface area contributed by atoms with Gasteiger partial charge in [0, 0.05) is 0 Å². The topological polar surface area (TPSA) is 57.6 Å². The van der Waals surface area contributed by atoms with Gasteiger partial charge < -0.3 is 5.11 Å². The van der Waals surface area contributed by atoms with Crippen molar-refractivity contribution >= 4 is 11.8 Å². The van der Waals surface area contributed by atoms with Gasteiger partial charge in [0.1, 0.15) is 0 Å². The minimum atomic E-state index is -0.596. The fourth-order valence-corrected chi connectivity index (χ4v) is 3.24. The first-order valence-corrected chi connectivity index (χ1v) is 7.26. The van der Waals surface area contributed by atoms with E-state index in [4.69, 9.17) is 0 Å². The molecule has 0 bridgehead atoms. The SMILES string of the molecule is Cc1ccc2c(c1)C(=O)N(C1CCCCCC1O)C2=O. The molecular weight excluding hydrogens is 254 g/mol. The standard InChI is InChI=1S/C16H19NO3/c1-10-7-8-11-12(9-10)16(20)17(15(11)19)13-5-3-2-4-6-14(13)18/h7-9,13-14,18H,2-6H2,1H3. The average molecular weight is 273 g/mol. The van der Waals surface area contributed by atoms with E-state index in [9.17, 15) is 14.7 Å². The van der Waals surface area contributed by atoms with Crippen molar-refractivity contribution in [2.24, 2.45) is 0 Å². The zero-order valence-electron chi connectivity index (χ0n) is 11.6. The molecule has 1 aliphatic heterocycles. The molecule has 1 N–H and O–H groups in total. The van der Waals surface area contributed by atoms with Gasteiger partial charge in [-0.05, 0) is 31.9 Å². The van der Waals surface area contributed by atoms with E-state index in [1.165, 1.54) is 4.90 Å². The van der Waals surface area contributed by atoms with Crippen LogP contribution in [0.15, 0.2) is 18.2 Å². The molecule has 2 atom stereocenters. The number of aliphatic hydroxyl groups is 1. The maximum absolute atomic E-state index is 12.5. The highest BCUT2D eigenvalue weighted by Crippen LogP contribution is 2.31. The van der Waals surface area contributed by atoms with Crippen molar-refractivity contribution in [1.29, 1.82) is 0 Å². The van der Waals surface area contributed by atoms with Gasteiger partial charge in [-0.2, -0.15) is 0 Å². The Morgan fingerprint density at radius 2 is 1.75 bits per heavy atom. The maximum Gasteiger partial charge on any atom is 0.261 e. The van der Waals surface area contributed by atoms with Gasteiger partial charge in [-0.1, -0.05) is 30.9 Å². The van der Waals surface area contributed by atoms with Gasteiger partial charge >= 0.3 is 0 Å². The molecule has 2 unspecified atom stereocenters. The molecule has 1 saturated carbocycles. The number of carbonyl (C=O) groups is 2. The number of amides is 2. The van der Waals surface area contributed by atoms with Crippen LogP contribution < -0.4 is 0 Å². The molecule has 106 valence electrons. The molecule has 2 aliphatic rings. The summed E-state index contributed by atoms with van der Waals surface area (Å²) in [5, 5.41) is 10.2. The summed E-state index contributed by atoms with van der Waals surface area (Å²) in [4.78, 5) is 26.3. The summed E-state index contributed by atoms with van der Waals surface area (Å²) in [6.07, 6.45) is 3.73. The number of fused-ring (bicyclic) bond motifs is 1. The van der Waals surface area contributed by atoms with Gasteiger partial charge in [0.25, 0.3) is 11.8 Å². The fourth-order valence-electron chi connectivity index (χ4n) is 3.24.